The van der Waals surface area contributed by atoms with Gasteiger partial charge in [-0.1, -0.05) is 18.2 Å². The second-order valence-corrected chi connectivity index (χ2v) is 8.87. The maximum absolute atomic E-state index is 5.75. The Morgan fingerprint density at radius 2 is 1.91 bits per heavy atom. The standard InChI is InChI=1S/C25H29N7O2/c1-2-6-20(7-3-1)31-12-10-30(11-13-31)18-19-16-26-25(27-17-21-8-4-14-33-21)32-24(19)28-23(29-32)22-9-5-15-34-22/h1-3,5-7,9,15-16,21H,4,8,10-14,17-18H2,(H,26,27). The lowest BCUT2D eigenvalue weighted by Gasteiger charge is -2.36. The van der Waals surface area contributed by atoms with Crippen molar-refractivity contribution < 1.29 is 9.15 Å². The van der Waals surface area contributed by atoms with Gasteiger partial charge in [0.2, 0.25) is 11.8 Å². The van der Waals surface area contributed by atoms with E-state index in [1.165, 1.54) is 5.69 Å². The second-order valence-electron chi connectivity index (χ2n) is 8.87. The van der Waals surface area contributed by atoms with Crippen molar-refractivity contribution in [1.82, 2.24) is 24.5 Å². The van der Waals surface area contributed by atoms with Crippen LogP contribution in [0.3, 0.4) is 0 Å². The fraction of sp³-hybridized carbons (Fsp3) is 0.400. The Hall–Kier alpha value is -3.43. The number of furan rings is 1. The summed E-state index contributed by atoms with van der Waals surface area (Å²) in [7, 11) is 0. The molecule has 0 aliphatic carbocycles. The zero-order valence-corrected chi connectivity index (χ0v) is 19.1. The summed E-state index contributed by atoms with van der Waals surface area (Å²) >= 11 is 0. The van der Waals surface area contributed by atoms with Gasteiger partial charge < -0.3 is 19.4 Å². The summed E-state index contributed by atoms with van der Waals surface area (Å²) in [6, 6.07) is 14.3. The topological polar surface area (TPSA) is 84.0 Å². The van der Waals surface area contributed by atoms with E-state index in [2.05, 4.69) is 45.4 Å². The molecular formula is C25H29N7O2. The molecule has 0 bridgehead atoms. The molecule has 9 heteroatoms. The summed E-state index contributed by atoms with van der Waals surface area (Å²) in [6.45, 7) is 6.29. The van der Waals surface area contributed by atoms with Crippen molar-refractivity contribution >= 4 is 17.3 Å². The smallest absolute Gasteiger partial charge is 0.226 e. The zero-order valence-electron chi connectivity index (χ0n) is 19.1. The van der Waals surface area contributed by atoms with Gasteiger partial charge in [0.1, 0.15) is 0 Å². The molecule has 6 rings (SSSR count). The van der Waals surface area contributed by atoms with E-state index >= 15 is 0 Å². The van der Waals surface area contributed by atoms with Gasteiger partial charge in [0.25, 0.3) is 0 Å². The van der Waals surface area contributed by atoms with Gasteiger partial charge in [0, 0.05) is 63.3 Å². The van der Waals surface area contributed by atoms with Crippen molar-refractivity contribution in [1.29, 1.82) is 0 Å². The number of hydrogen-bond acceptors (Lipinski definition) is 8. The van der Waals surface area contributed by atoms with Crippen LogP contribution in [0, 0.1) is 0 Å². The monoisotopic (exact) mass is 459 g/mol. The summed E-state index contributed by atoms with van der Waals surface area (Å²) in [5.41, 5.74) is 3.15. The lowest BCUT2D eigenvalue weighted by Crippen LogP contribution is -2.46. The van der Waals surface area contributed by atoms with Crippen molar-refractivity contribution in [2.75, 3.05) is 49.5 Å². The maximum Gasteiger partial charge on any atom is 0.226 e. The van der Waals surface area contributed by atoms with E-state index in [1.807, 2.05) is 22.8 Å². The molecule has 9 nitrogen and oxygen atoms in total. The molecule has 2 saturated heterocycles. The number of hydrogen-bond donors (Lipinski definition) is 1. The highest BCUT2D eigenvalue weighted by Crippen LogP contribution is 2.23. The lowest BCUT2D eigenvalue weighted by atomic mass is 10.2. The highest BCUT2D eigenvalue weighted by Gasteiger charge is 2.22. The first-order chi connectivity index (χ1) is 16.8. The Bertz CT molecular complexity index is 1210. The van der Waals surface area contributed by atoms with E-state index in [9.17, 15) is 0 Å². The predicted molar refractivity (Wildman–Crippen MR) is 130 cm³/mol. The molecule has 0 spiro atoms. The van der Waals surface area contributed by atoms with Crippen LogP contribution in [0.1, 0.15) is 18.4 Å². The molecule has 2 fully saturated rings. The number of piperazine rings is 1. The number of fused-ring (bicyclic) bond motifs is 1. The van der Waals surface area contributed by atoms with E-state index in [0.29, 0.717) is 24.1 Å². The molecule has 0 saturated carbocycles. The van der Waals surface area contributed by atoms with Gasteiger partial charge in [-0.25, -0.2) is 9.97 Å². The molecule has 1 atom stereocenters. The highest BCUT2D eigenvalue weighted by atomic mass is 16.5. The summed E-state index contributed by atoms with van der Waals surface area (Å²) in [5.74, 6) is 1.89. The second kappa shape index (κ2) is 9.44. The third kappa shape index (κ3) is 4.36. The molecule has 3 aromatic heterocycles. The number of para-hydroxylation sites is 1. The Balaban J connectivity index is 1.22. The summed E-state index contributed by atoms with van der Waals surface area (Å²) < 4.78 is 13.1. The molecule has 1 N–H and O–H groups in total. The van der Waals surface area contributed by atoms with Crippen molar-refractivity contribution in [2.45, 2.75) is 25.5 Å². The van der Waals surface area contributed by atoms with Gasteiger partial charge >= 0.3 is 0 Å². The van der Waals surface area contributed by atoms with E-state index in [1.54, 1.807) is 6.26 Å². The van der Waals surface area contributed by atoms with Gasteiger partial charge in [-0.2, -0.15) is 4.52 Å². The Labute approximate surface area is 198 Å². The molecule has 2 aliphatic rings. The van der Waals surface area contributed by atoms with Crippen LogP contribution < -0.4 is 10.2 Å². The number of nitrogens with one attached hydrogen (secondary N) is 1. The summed E-state index contributed by atoms with van der Waals surface area (Å²) in [4.78, 5) is 14.4. The Morgan fingerprint density at radius 1 is 1.03 bits per heavy atom. The first kappa shape index (κ1) is 21.1. The van der Waals surface area contributed by atoms with Crippen molar-refractivity contribution in [2.24, 2.45) is 0 Å². The van der Waals surface area contributed by atoms with Gasteiger partial charge in [0.15, 0.2) is 11.4 Å². The SMILES string of the molecule is c1ccc(N2CCN(Cc3cnc(NCC4CCCO4)n4nc(-c5ccco5)nc34)CC2)cc1. The molecule has 1 unspecified atom stereocenters. The third-order valence-electron chi connectivity index (χ3n) is 6.58. The molecule has 176 valence electrons. The van der Waals surface area contributed by atoms with Crippen LogP contribution in [0.25, 0.3) is 17.2 Å². The van der Waals surface area contributed by atoms with Crippen LogP contribution in [-0.4, -0.2) is 69.9 Å². The number of rotatable bonds is 7. The molecule has 1 aromatic carbocycles. The Morgan fingerprint density at radius 3 is 2.68 bits per heavy atom. The molecule has 0 amide bonds. The molecule has 34 heavy (non-hydrogen) atoms. The van der Waals surface area contributed by atoms with Gasteiger partial charge in [-0.05, 0) is 37.1 Å². The number of ether oxygens (including phenoxy) is 1. The summed E-state index contributed by atoms with van der Waals surface area (Å²) in [5, 5.41) is 8.14. The summed E-state index contributed by atoms with van der Waals surface area (Å²) in [6.07, 6.45) is 5.96. The van der Waals surface area contributed by atoms with Crippen LogP contribution in [0.5, 0.6) is 0 Å². The number of benzene rings is 1. The fourth-order valence-corrected chi connectivity index (χ4v) is 4.72. The average Bonchev–Trinajstić information content (AvgIpc) is 3.66. The number of nitrogens with zero attached hydrogens (tertiary/aromatic N) is 6. The largest absolute Gasteiger partial charge is 0.461 e. The van der Waals surface area contributed by atoms with Crippen molar-refractivity contribution in [3.05, 3.63) is 60.5 Å². The quantitative estimate of drug-likeness (QED) is 0.451. The minimum Gasteiger partial charge on any atom is -0.461 e. The molecule has 0 radical (unpaired) electrons. The maximum atomic E-state index is 5.75. The van der Waals surface area contributed by atoms with Crippen molar-refractivity contribution in [3.8, 4) is 11.6 Å². The highest BCUT2D eigenvalue weighted by molar-refractivity contribution is 5.58. The molecule has 5 heterocycles. The van der Waals surface area contributed by atoms with Gasteiger partial charge in [-0.15, -0.1) is 5.10 Å². The van der Waals surface area contributed by atoms with Crippen molar-refractivity contribution in [3.63, 3.8) is 0 Å². The first-order valence-electron chi connectivity index (χ1n) is 12.0. The zero-order chi connectivity index (χ0) is 22.7. The van der Waals surface area contributed by atoms with Gasteiger partial charge in [-0.3, -0.25) is 4.90 Å². The van der Waals surface area contributed by atoms with E-state index in [0.717, 1.165) is 63.4 Å². The predicted octanol–water partition coefficient (Wildman–Crippen LogP) is 3.30. The lowest BCUT2D eigenvalue weighted by molar-refractivity contribution is 0.120. The van der Waals surface area contributed by atoms with Crippen LogP contribution in [0.4, 0.5) is 11.6 Å². The van der Waals surface area contributed by atoms with Crippen LogP contribution in [0.2, 0.25) is 0 Å². The van der Waals surface area contributed by atoms with Crippen LogP contribution >= 0.6 is 0 Å². The number of anilines is 2. The third-order valence-corrected chi connectivity index (χ3v) is 6.58. The average molecular weight is 460 g/mol. The minimum absolute atomic E-state index is 0.213. The van der Waals surface area contributed by atoms with Crippen LogP contribution in [-0.2, 0) is 11.3 Å². The fourth-order valence-electron chi connectivity index (χ4n) is 4.72. The Kier molecular flexibility index (Phi) is 5.86. The van der Waals surface area contributed by atoms with Gasteiger partial charge in [0.05, 0.1) is 12.4 Å². The van der Waals surface area contributed by atoms with E-state index in [4.69, 9.17) is 24.2 Å². The van der Waals surface area contributed by atoms with E-state index < -0.39 is 0 Å². The minimum atomic E-state index is 0.213. The first-order valence-corrected chi connectivity index (χ1v) is 12.0. The molecule has 4 aromatic rings. The number of aromatic nitrogens is 4. The normalized spacial score (nSPS) is 19.2. The molecular weight excluding hydrogens is 430 g/mol. The van der Waals surface area contributed by atoms with E-state index in [-0.39, 0.29) is 6.10 Å². The molecule has 2 aliphatic heterocycles. The van der Waals surface area contributed by atoms with Crippen LogP contribution in [0.15, 0.2) is 59.3 Å².